The maximum Gasteiger partial charge on any atom is 0.417 e. The lowest BCUT2D eigenvalue weighted by molar-refractivity contribution is -0.136. The Kier molecular flexibility index (Phi) is 4.04. The number of benzene rings is 1. The van der Waals surface area contributed by atoms with Gasteiger partial charge in [-0.1, -0.05) is 6.07 Å². The minimum absolute atomic E-state index is 0.00940. The molecule has 2 bridgehead atoms. The zero-order chi connectivity index (χ0) is 18.5. The number of rotatable bonds is 3. The predicted molar refractivity (Wildman–Crippen MR) is 93.9 cm³/mol. The van der Waals surface area contributed by atoms with Crippen molar-refractivity contribution in [3.63, 3.8) is 0 Å². The number of hydrogen-bond acceptors (Lipinski definition) is 1. The molecule has 2 aromatic rings. The number of fused-ring (bicyclic) bond motifs is 4. The van der Waals surface area contributed by atoms with Crippen LogP contribution in [0.1, 0.15) is 54.4 Å². The van der Waals surface area contributed by atoms with E-state index in [0.29, 0.717) is 12.1 Å². The van der Waals surface area contributed by atoms with Crippen molar-refractivity contribution in [2.75, 3.05) is 6.54 Å². The Labute approximate surface area is 150 Å². The Morgan fingerprint density at radius 1 is 1.23 bits per heavy atom. The second kappa shape index (κ2) is 6.03. The van der Waals surface area contributed by atoms with Crippen LogP contribution in [0, 0.1) is 11.3 Å². The second-order valence-corrected chi connectivity index (χ2v) is 8.02. The van der Waals surface area contributed by atoms with Gasteiger partial charge in [0.05, 0.1) is 11.1 Å². The third-order valence-corrected chi connectivity index (χ3v) is 6.44. The van der Waals surface area contributed by atoms with Crippen LogP contribution in [0.5, 0.6) is 0 Å². The van der Waals surface area contributed by atoms with Crippen molar-refractivity contribution in [1.82, 2.24) is 9.88 Å². The minimum Gasteiger partial charge on any atom is -0.351 e. The van der Waals surface area contributed by atoms with E-state index in [0.717, 1.165) is 31.2 Å². The zero-order valence-electron chi connectivity index (χ0n) is 14.8. The van der Waals surface area contributed by atoms with Crippen molar-refractivity contribution >= 4 is 16.8 Å². The molecule has 0 spiro atoms. The lowest BCUT2D eigenvalue weighted by Crippen LogP contribution is -2.43. The van der Waals surface area contributed by atoms with Crippen molar-refractivity contribution in [1.29, 1.82) is 0 Å². The maximum atomic E-state index is 13.4. The minimum atomic E-state index is -4.49. The first-order valence-corrected chi connectivity index (χ1v) is 9.23. The van der Waals surface area contributed by atoms with E-state index in [4.69, 9.17) is 0 Å². The van der Waals surface area contributed by atoms with Crippen LogP contribution in [0.15, 0.2) is 24.4 Å². The summed E-state index contributed by atoms with van der Waals surface area (Å²) < 4.78 is 41.9. The molecule has 140 valence electrons. The van der Waals surface area contributed by atoms with Gasteiger partial charge in [-0.05, 0) is 62.0 Å². The summed E-state index contributed by atoms with van der Waals surface area (Å²) in [6, 6.07) is 4.04. The van der Waals surface area contributed by atoms with Gasteiger partial charge in [0.2, 0.25) is 0 Å². The molecule has 3 nitrogen and oxygen atoms in total. The number of halogens is 3. The van der Waals surface area contributed by atoms with Gasteiger partial charge in [0.1, 0.15) is 0 Å². The summed E-state index contributed by atoms with van der Waals surface area (Å²) in [5.74, 6) is 0.425. The first-order chi connectivity index (χ1) is 12.3. The van der Waals surface area contributed by atoms with Gasteiger partial charge < -0.3 is 9.88 Å². The SMILES string of the molecule is Cn1cc(C(=O)NCC23CCC(CC2)CC3)c2c(C(F)(F)F)cccc21. The monoisotopic (exact) mass is 364 g/mol. The Morgan fingerprint density at radius 2 is 1.88 bits per heavy atom. The van der Waals surface area contributed by atoms with Crippen molar-refractivity contribution < 1.29 is 18.0 Å². The van der Waals surface area contributed by atoms with Gasteiger partial charge in [0.15, 0.2) is 0 Å². The van der Waals surface area contributed by atoms with E-state index in [9.17, 15) is 18.0 Å². The van der Waals surface area contributed by atoms with Crippen LogP contribution in [0.3, 0.4) is 0 Å². The molecule has 1 aromatic heterocycles. The largest absolute Gasteiger partial charge is 0.417 e. The summed E-state index contributed by atoms with van der Waals surface area (Å²) >= 11 is 0. The highest BCUT2D eigenvalue weighted by Crippen LogP contribution is 2.49. The predicted octanol–water partition coefficient (Wildman–Crippen LogP) is 4.90. The molecule has 26 heavy (non-hydrogen) atoms. The summed E-state index contributed by atoms with van der Waals surface area (Å²) in [4.78, 5) is 12.8. The molecule has 3 aliphatic rings. The van der Waals surface area contributed by atoms with Crippen LogP contribution in [-0.2, 0) is 13.2 Å². The van der Waals surface area contributed by atoms with E-state index in [1.807, 2.05) is 0 Å². The van der Waals surface area contributed by atoms with Gasteiger partial charge in [-0.15, -0.1) is 0 Å². The van der Waals surface area contributed by atoms with Crippen molar-refractivity contribution in [2.24, 2.45) is 18.4 Å². The van der Waals surface area contributed by atoms with Crippen molar-refractivity contribution in [2.45, 2.75) is 44.7 Å². The molecule has 1 N–H and O–H groups in total. The van der Waals surface area contributed by atoms with Gasteiger partial charge in [0, 0.05) is 30.7 Å². The average molecular weight is 364 g/mol. The highest BCUT2D eigenvalue weighted by molar-refractivity contribution is 6.08. The van der Waals surface area contributed by atoms with Gasteiger partial charge in [0.25, 0.3) is 5.91 Å². The number of hydrogen-bond donors (Lipinski definition) is 1. The smallest absolute Gasteiger partial charge is 0.351 e. The van der Waals surface area contributed by atoms with E-state index >= 15 is 0 Å². The lowest BCUT2D eigenvalue weighted by Gasteiger charge is -2.46. The zero-order valence-corrected chi connectivity index (χ0v) is 14.8. The van der Waals surface area contributed by atoms with E-state index in [2.05, 4.69) is 5.32 Å². The van der Waals surface area contributed by atoms with Crippen LogP contribution in [0.4, 0.5) is 13.2 Å². The molecule has 3 saturated carbocycles. The van der Waals surface area contributed by atoms with Crippen molar-refractivity contribution in [3.8, 4) is 0 Å². The molecule has 0 saturated heterocycles. The number of nitrogens with one attached hydrogen (secondary N) is 1. The number of amides is 1. The normalized spacial score (nSPS) is 25.6. The van der Waals surface area contributed by atoms with E-state index in [1.54, 1.807) is 17.7 Å². The third-order valence-electron chi connectivity index (χ3n) is 6.44. The number of carbonyl (C=O) groups is 1. The number of aryl methyl sites for hydroxylation is 1. The maximum absolute atomic E-state index is 13.4. The summed E-state index contributed by atoms with van der Waals surface area (Å²) in [5, 5.41) is 2.94. The highest BCUT2D eigenvalue weighted by Gasteiger charge is 2.40. The van der Waals surface area contributed by atoms with Crippen LogP contribution in [-0.4, -0.2) is 17.0 Å². The molecular weight excluding hydrogens is 341 g/mol. The fourth-order valence-electron chi connectivity index (χ4n) is 4.82. The van der Waals surface area contributed by atoms with Crippen molar-refractivity contribution in [3.05, 3.63) is 35.5 Å². The molecule has 0 unspecified atom stereocenters. The van der Waals surface area contributed by atoms with Gasteiger partial charge >= 0.3 is 6.18 Å². The van der Waals surface area contributed by atoms with Crippen LogP contribution in [0.25, 0.3) is 10.9 Å². The molecule has 0 radical (unpaired) electrons. The molecule has 1 amide bonds. The van der Waals surface area contributed by atoms with Crippen LogP contribution >= 0.6 is 0 Å². The summed E-state index contributed by atoms with van der Waals surface area (Å²) in [6.45, 7) is 0.559. The number of aromatic nitrogens is 1. The fraction of sp³-hybridized carbons (Fsp3) is 0.550. The number of carbonyl (C=O) groups excluding carboxylic acids is 1. The quantitative estimate of drug-likeness (QED) is 0.826. The number of alkyl halides is 3. The standard InChI is InChI=1S/C20H23F3N2O/c1-25-11-14(17-15(20(21,22)23)3-2-4-16(17)25)18(26)24-12-19-8-5-13(6-9-19)7-10-19/h2-4,11,13H,5-10,12H2,1H3,(H,24,26). The molecule has 0 aliphatic heterocycles. The Bertz CT molecular complexity index is 831. The summed E-state index contributed by atoms with van der Waals surface area (Å²) in [5.41, 5.74) is -0.0864. The third kappa shape index (κ3) is 2.89. The molecule has 1 aromatic carbocycles. The first-order valence-electron chi connectivity index (χ1n) is 9.23. The molecule has 0 atom stereocenters. The average Bonchev–Trinajstić information content (AvgIpc) is 2.98. The van der Waals surface area contributed by atoms with Gasteiger partial charge in [-0.3, -0.25) is 4.79 Å². The van der Waals surface area contributed by atoms with Crippen LogP contribution in [0.2, 0.25) is 0 Å². The Morgan fingerprint density at radius 3 is 2.50 bits per heavy atom. The van der Waals surface area contributed by atoms with Crippen LogP contribution < -0.4 is 5.32 Å². The summed E-state index contributed by atoms with van der Waals surface area (Å²) in [6.07, 6.45) is 3.98. The second-order valence-electron chi connectivity index (χ2n) is 8.02. The highest BCUT2D eigenvalue weighted by atomic mass is 19.4. The molecular formula is C20H23F3N2O. The van der Waals surface area contributed by atoms with Gasteiger partial charge in [-0.2, -0.15) is 13.2 Å². The van der Waals surface area contributed by atoms with E-state index < -0.39 is 17.6 Å². The molecule has 6 heteroatoms. The number of nitrogens with zero attached hydrogens (tertiary/aromatic N) is 1. The molecule has 5 rings (SSSR count). The molecule has 1 heterocycles. The topological polar surface area (TPSA) is 34.0 Å². The fourth-order valence-corrected chi connectivity index (χ4v) is 4.82. The lowest BCUT2D eigenvalue weighted by atomic mass is 9.61. The van der Waals surface area contributed by atoms with E-state index in [-0.39, 0.29) is 16.4 Å². The van der Waals surface area contributed by atoms with E-state index in [1.165, 1.54) is 31.5 Å². The summed E-state index contributed by atoms with van der Waals surface area (Å²) in [7, 11) is 1.67. The first kappa shape index (κ1) is 17.4. The Balaban J connectivity index is 1.63. The Hall–Kier alpha value is -1.98. The molecule has 3 aliphatic carbocycles. The molecule has 3 fully saturated rings. The van der Waals surface area contributed by atoms with Gasteiger partial charge in [-0.25, -0.2) is 0 Å².